The largest absolute Gasteiger partial charge is 0.506 e. The molecule has 18 heavy (non-hydrogen) atoms. The molecular weight excluding hydrogens is 240 g/mol. The molecule has 1 aromatic rings. The van der Waals surface area contributed by atoms with Gasteiger partial charge in [-0.25, -0.2) is 4.99 Å². The number of hydrogen-bond donors (Lipinski definition) is 0. The van der Waals surface area contributed by atoms with E-state index in [9.17, 15) is 20.2 Å². The molecule has 0 N–H and O–H groups in total. The Morgan fingerprint density at radius 2 is 1.94 bits per heavy atom. The smallest absolute Gasteiger partial charge is 0.258 e. The van der Waals surface area contributed by atoms with Gasteiger partial charge in [0.15, 0.2) is 0 Å². The van der Waals surface area contributed by atoms with Crippen molar-refractivity contribution in [2.24, 2.45) is 4.99 Å². The van der Waals surface area contributed by atoms with Crippen LogP contribution < -0.4 is 0 Å². The molecule has 0 saturated carbocycles. The maximum absolute atomic E-state index is 11.1. The first-order valence-electron chi connectivity index (χ1n) is 5.02. The second-order valence-corrected chi connectivity index (χ2v) is 3.61. The summed E-state index contributed by atoms with van der Waals surface area (Å²) in [7, 11) is 0. The van der Waals surface area contributed by atoms with Gasteiger partial charge in [0, 0.05) is 12.4 Å². The molecule has 0 amide bonds. The van der Waals surface area contributed by atoms with E-state index in [1.165, 1.54) is 24.5 Å². The molecule has 8 nitrogen and oxygen atoms in total. The topological polar surface area (TPSA) is 112 Å². The lowest BCUT2D eigenvalue weighted by Crippen LogP contribution is -2.54. The molecule has 92 valence electrons. The maximum atomic E-state index is 11.1. The summed E-state index contributed by atoms with van der Waals surface area (Å²) in [5.41, 5.74) is -2.57. The highest BCUT2D eigenvalue weighted by atomic mass is 16.7. The third-order valence-electron chi connectivity index (χ3n) is 2.60. The van der Waals surface area contributed by atoms with Crippen LogP contribution in [0, 0.1) is 20.2 Å². The highest BCUT2D eigenvalue weighted by Gasteiger charge is 2.62. The number of nitro groups is 2. The summed E-state index contributed by atoms with van der Waals surface area (Å²) < 4.78 is 0. The van der Waals surface area contributed by atoms with Crippen molar-refractivity contribution in [3.63, 3.8) is 0 Å². The highest BCUT2D eigenvalue weighted by molar-refractivity contribution is 6.04. The lowest BCUT2D eigenvalue weighted by atomic mass is 9.96. The van der Waals surface area contributed by atoms with Crippen LogP contribution >= 0.6 is 0 Å². The van der Waals surface area contributed by atoms with Crippen molar-refractivity contribution in [2.75, 3.05) is 0 Å². The van der Waals surface area contributed by atoms with E-state index in [4.69, 9.17) is 0 Å². The fourth-order valence-corrected chi connectivity index (χ4v) is 1.71. The Morgan fingerprint density at radius 3 is 2.50 bits per heavy atom. The van der Waals surface area contributed by atoms with Crippen LogP contribution in [0.3, 0.4) is 0 Å². The van der Waals surface area contributed by atoms with Crippen LogP contribution in [0.15, 0.2) is 41.7 Å². The van der Waals surface area contributed by atoms with Crippen LogP contribution in [0.1, 0.15) is 12.1 Å². The van der Waals surface area contributed by atoms with Gasteiger partial charge in [-0.05, 0) is 12.1 Å². The monoisotopic (exact) mass is 248 g/mol. The van der Waals surface area contributed by atoms with Gasteiger partial charge in [0.25, 0.3) is 0 Å². The summed E-state index contributed by atoms with van der Waals surface area (Å²) >= 11 is 0. The predicted octanol–water partition coefficient (Wildman–Crippen LogP) is 1.04. The van der Waals surface area contributed by atoms with Gasteiger partial charge in [-0.1, -0.05) is 12.1 Å². The minimum atomic E-state index is -2.46. The van der Waals surface area contributed by atoms with Gasteiger partial charge < -0.3 is 0 Å². The van der Waals surface area contributed by atoms with E-state index in [1.54, 1.807) is 12.1 Å². The molecule has 2 heterocycles. The molecule has 0 atom stereocenters. The standard InChI is InChI=1S/C10H8N4O4/c15-13(16)10(14(17)18)5-3-7-12-9(10)8-4-1-2-6-11-8/h1-4,6-7H,5H2. The van der Waals surface area contributed by atoms with Crippen LogP contribution in [0.2, 0.25) is 0 Å². The van der Waals surface area contributed by atoms with E-state index < -0.39 is 15.5 Å². The van der Waals surface area contributed by atoms with Gasteiger partial charge in [-0.15, -0.1) is 0 Å². The molecule has 1 aliphatic heterocycles. The second kappa shape index (κ2) is 4.32. The molecule has 0 aliphatic carbocycles. The summed E-state index contributed by atoms with van der Waals surface area (Å²) in [6, 6.07) is 4.66. The lowest BCUT2D eigenvalue weighted by molar-refractivity contribution is -0.771. The molecule has 8 heteroatoms. The molecule has 0 spiro atoms. The van der Waals surface area contributed by atoms with Crippen LogP contribution in [0.5, 0.6) is 0 Å². The lowest BCUT2D eigenvalue weighted by Gasteiger charge is -2.18. The number of rotatable bonds is 3. The number of nitrogens with zero attached hydrogens (tertiary/aromatic N) is 4. The van der Waals surface area contributed by atoms with Crippen molar-refractivity contribution in [1.82, 2.24) is 4.98 Å². The van der Waals surface area contributed by atoms with Gasteiger partial charge in [0.1, 0.15) is 16.3 Å². The first-order valence-corrected chi connectivity index (χ1v) is 5.02. The molecule has 1 aromatic heterocycles. The minimum absolute atomic E-state index is 0.134. The fraction of sp³-hybridized carbons (Fsp3) is 0.200. The predicted molar refractivity (Wildman–Crippen MR) is 61.3 cm³/mol. The zero-order valence-electron chi connectivity index (χ0n) is 9.09. The number of hydrogen-bond acceptors (Lipinski definition) is 6. The van der Waals surface area contributed by atoms with Crippen molar-refractivity contribution in [2.45, 2.75) is 12.1 Å². The summed E-state index contributed by atoms with van der Waals surface area (Å²) in [4.78, 5) is 28.1. The Morgan fingerprint density at radius 1 is 1.22 bits per heavy atom. The van der Waals surface area contributed by atoms with Gasteiger partial charge >= 0.3 is 5.66 Å². The Labute approximate surface area is 101 Å². The van der Waals surface area contributed by atoms with Crippen molar-refractivity contribution < 1.29 is 9.85 Å². The van der Waals surface area contributed by atoms with Crippen molar-refractivity contribution >= 4 is 5.71 Å². The van der Waals surface area contributed by atoms with E-state index in [0.29, 0.717) is 0 Å². The SMILES string of the molecule is O=[N+]([O-])C1([N+](=O)[O-])CC=CN=C1c1ccccn1. The molecule has 0 bridgehead atoms. The first kappa shape index (κ1) is 11.8. The van der Waals surface area contributed by atoms with Crippen molar-refractivity contribution in [1.29, 1.82) is 0 Å². The van der Waals surface area contributed by atoms with Crippen LogP contribution in [-0.2, 0) is 0 Å². The molecule has 2 rings (SSSR count). The minimum Gasteiger partial charge on any atom is -0.258 e. The van der Waals surface area contributed by atoms with Gasteiger partial charge in [0.05, 0.1) is 5.69 Å². The third-order valence-corrected chi connectivity index (χ3v) is 2.60. The molecule has 0 aromatic carbocycles. The molecule has 0 fully saturated rings. The summed E-state index contributed by atoms with van der Waals surface area (Å²) in [6.07, 6.45) is 3.68. The average Bonchev–Trinajstić information content (AvgIpc) is 2.39. The van der Waals surface area contributed by atoms with Crippen LogP contribution in [0.4, 0.5) is 0 Å². The summed E-state index contributed by atoms with van der Waals surface area (Å²) in [6.45, 7) is 0. The van der Waals surface area contributed by atoms with E-state index in [0.717, 1.165) is 0 Å². The first-order chi connectivity index (χ1) is 8.59. The summed E-state index contributed by atoms with van der Waals surface area (Å²) in [5.74, 6) is 0. The van der Waals surface area contributed by atoms with E-state index in [2.05, 4.69) is 9.98 Å². The van der Waals surface area contributed by atoms with E-state index >= 15 is 0 Å². The summed E-state index contributed by atoms with van der Waals surface area (Å²) in [5, 5.41) is 22.2. The second-order valence-electron chi connectivity index (χ2n) is 3.61. The van der Waals surface area contributed by atoms with Crippen molar-refractivity contribution in [3.05, 3.63) is 62.6 Å². The van der Waals surface area contributed by atoms with Crippen LogP contribution in [-0.4, -0.2) is 26.2 Å². The number of pyridine rings is 1. The molecule has 0 unspecified atom stereocenters. The Bertz CT molecular complexity index is 538. The quantitative estimate of drug-likeness (QED) is 0.450. The van der Waals surface area contributed by atoms with E-state index in [-0.39, 0.29) is 17.8 Å². The Kier molecular flexibility index (Phi) is 2.84. The Balaban J connectivity index is 2.61. The zero-order valence-corrected chi connectivity index (χ0v) is 9.09. The molecule has 0 radical (unpaired) electrons. The number of aliphatic imine (C=N–C) groups is 1. The number of aromatic nitrogens is 1. The molecular formula is C10H8N4O4. The van der Waals surface area contributed by atoms with Crippen LogP contribution in [0.25, 0.3) is 0 Å². The molecule has 0 saturated heterocycles. The van der Waals surface area contributed by atoms with E-state index in [1.807, 2.05) is 0 Å². The van der Waals surface area contributed by atoms with Gasteiger partial charge in [-0.2, -0.15) is 0 Å². The van der Waals surface area contributed by atoms with Gasteiger partial charge in [-0.3, -0.25) is 25.2 Å². The zero-order chi connectivity index (χ0) is 13.2. The van der Waals surface area contributed by atoms with Gasteiger partial charge in [0.2, 0.25) is 5.71 Å². The maximum Gasteiger partial charge on any atom is 0.506 e. The van der Waals surface area contributed by atoms with Crippen molar-refractivity contribution in [3.8, 4) is 0 Å². The fourth-order valence-electron chi connectivity index (χ4n) is 1.71. The third kappa shape index (κ3) is 1.63. The molecule has 1 aliphatic rings. The normalized spacial score (nSPS) is 17.0. The highest BCUT2D eigenvalue weighted by Crippen LogP contribution is 2.26. The average molecular weight is 248 g/mol. The Hall–Kier alpha value is -2.64.